The summed E-state index contributed by atoms with van der Waals surface area (Å²) in [5.41, 5.74) is 3.63. The number of fused-ring (bicyclic) bond motifs is 2. The van der Waals surface area contributed by atoms with Crippen molar-refractivity contribution in [3.8, 4) is 0 Å². The van der Waals surface area contributed by atoms with Crippen LogP contribution in [0.5, 0.6) is 0 Å². The van der Waals surface area contributed by atoms with Crippen LogP contribution in [0.15, 0.2) is 53.4 Å². The molecular formula is C21H19FN2OS. The monoisotopic (exact) mass is 366 g/mol. The molecule has 0 fully saturated rings. The van der Waals surface area contributed by atoms with Crippen LogP contribution in [0.3, 0.4) is 0 Å². The highest BCUT2D eigenvalue weighted by molar-refractivity contribution is 8.00. The molecule has 0 radical (unpaired) electrons. The molecule has 132 valence electrons. The molecule has 0 saturated carbocycles. The molecule has 4 rings (SSSR count). The number of hydrogen-bond donors (Lipinski definition) is 1. The van der Waals surface area contributed by atoms with Crippen LogP contribution in [-0.2, 0) is 17.6 Å². The van der Waals surface area contributed by atoms with E-state index in [-0.39, 0.29) is 17.3 Å². The van der Waals surface area contributed by atoms with Crippen LogP contribution in [0.2, 0.25) is 0 Å². The highest BCUT2D eigenvalue weighted by Gasteiger charge is 2.19. The van der Waals surface area contributed by atoms with Gasteiger partial charge in [-0.15, -0.1) is 11.8 Å². The van der Waals surface area contributed by atoms with Gasteiger partial charge < -0.3 is 5.32 Å². The summed E-state index contributed by atoms with van der Waals surface area (Å²) in [5, 5.41) is 3.75. The molecule has 2 aromatic carbocycles. The van der Waals surface area contributed by atoms with Gasteiger partial charge in [0.15, 0.2) is 0 Å². The third-order valence-electron chi connectivity index (χ3n) is 4.61. The summed E-state index contributed by atoms with van der Waals surface area (Å²) in [6.45, 7) is 0. The number of carbonyl (C=O) groups is 1. The Labute approximate surface area is 156 Å². The smallest absolute Gasteiger partial charge is 0.234 e. The minimum absolute atomic E-state index is 0.203. The summed E-state index contributed by atoms with van der Waals surface area (Å²) in [5.74, 6) is -0.377. The van der Waals surface area contributed by atoms with Crippen molar-refractivity contribution in [2.45, 2.75) is 30.6 Å². The molecule has 1 heterocycles. The van der Waals surface area contributed by atoms with Gasteiger partial charge in [0.1, 0.15) is 5.82 Å². The van der Waals surface area contributed by atoms with E-state index in [1.165, 1.54) is 23.4 Å². The van der Waals surface area contributed by atoms with Gasteiger partial charge >= 0.3 is 0 Å². The molecule has 1 aromatic heterocycles. The van der Waals surface area contributed by atoms with Crippen LogP contribution in [-0.4, -0.2) is 16.6 Å². The van der Waals surface area contributed by atoms with Crippen molar-refractivity contribution in [1.29, 1.82) is 0 Å². The number of hydrogen-bond acceptors (Lipinski definition) is 3. The Morgan fingerprint density at radius 1 is 1.08 bits per heavy atom. The van der Waals surface area contributed by atoms with Gasteiger partial charge in [-0.2, -0.15) is 0 Å². The zero-order chi connectivity index (χ0) is 17.9. The van der Waals surface area contributed by atoms with Crippen LogP contribution < -0.4 is 5.32 Å². The molecule has 0 bridgehead atoms. The average Bonchev–Trinajstić information content (AvgIpc) is 2.67. The van der Waals surface area contributed by atoms with Crippen LogP contribution >= 0.6 is 11.8 Å². The van der Waals surface area contributed by atoms with E-state index in [0.717, 1.165) is 47.2 Å². The summed E-state index contributed by atoms with van der Waals surface area (Å²) < 4.78 is 13.7. The van der Waals surface area contributed by atoms with Crippen molar-refractivity contribution in [3.63, 3.8) is 0 Å². The molecule has 0 unspecified atom stereocenters. The summed E-state index contributed by atoms with van der Waals surface area (Å²) in [4.78, 5) is 18.3. The number of nitrogens with zero attached hydrogens (tertiary/aromatic N) is 1. The molecule has 26 heavy (non-hydrogen) atoms. The van der Waals surface area contributed by atoms with E-state index in [9.17, 15) is 9.18 Å². The van der Waals surface area contributed by atoms with E-state index in [1.54, 1.807) is 18.2 Å². The highest BCUT2D eigenvalue weighted by atomic mass is 32.2. The second-order valence-electron chi connectivity index (χ2n) is 6.41. The number of benzene rings is 2. The number of aromatic nitrogens is 1. The Balaban J connectivity index is 1.59. The molecule has 3 nitrogen and oxygen atoms in total. The lowest BCUT2D eigenvalue weighted by molar-refractivity contribution is -0.113. The number of thioether (sulfide) groups is 1. The van der Waals surface area contributed by atoms with E-state index in [1.807, 2.05) is 18.2 Å². The zero-order valence-corrected chi connectivity index (χ0v) is 15.1. The first kappa shape index (κ1) is 17.0. The summed E-state index contributed by atoms with van der Waals surface area (Å²) in [6.07, 6.45) is 4.32. The van der Waals surface area contributed by atoms with Crippen molar-refractivity contribution >= 4 is 34.3 Å². The first-order valence-corrected chi connectivity index (χ1v) is 9.78. The van der Waals surface area contributed by atoms with E-state index in [0.29, 0.717) is 0 Å². The molecule has 3 aromatic rings. The van der Waals surface area contributed by atoms with Crippen molar-refractivity contribution in [2.24, 2.45) is 0 Å². The Bertz CT molecular complexity index is 973. The van der Waals surface area contributed by atoms with Gasteiger partial charge in [-0.25, -0.2) is 4.39 Å². The summed E-state index contributed by atoms with van der Waals surface area (Å²) >= 11 is 1.52. The Kier molecular flexibility index (Phi) is 4.89. The lowest BCUT2D eigenvalue weighted by Crippen LogP contribution is -2.15. The van der Waals surface area contributed by atoms with E-state index < -0.39 is 5.82 Å². The molecular weight excluding hydrogens is 347 g/mol. The number of rotatable bonds is 4. The molecule has 5 heteroatoms. The maximum atomic E-state index is 13.7. The molecule has 0 saturated heterocycles. The number of halogens is 1. The van der Waals surface area contributed by atoms with Crippen molar-refractivity contribution < 1.29 is 9.18 Å². The number of pyridine rings is 1. The van der Waals surface area contributed by atoms with Crippen LogP contribution in [0.25, 0.3) is 10.9 Å². The Morgan fingerprint density at radius 2 is 1.85 bits per heavy atom. The molecule has 0 spiro atoms. The number of amides is 1. The standard InChI is InChI=1S/C21H19FN2OS/c22-16-9-3-6-12-19(16)24-20(25)13-26-21-14-7-1-4-10-17(14)23-18-11-5-2-8-15(18)21/h1,3-4,6-7,9-10,12H,2,5,8,11,13H2,(H,24,25). The molecule has 0 atom stereocenters. The predicted molar refractivity (Wildman–Crippen MR) is 104 cm³/mol. The van der Waals surface area contributed by atoms with E-state index in [2.05, 4.69) is 11.4 Å². The lowest BCUT2D eigenvalue weighted by Gasteiger charge is -2.20. The fourth-order valence-corrected chi connectivity index (χ4v) is 4.45. The largest absolute Gasteiger partial charge is 0.323 e. The van der Waals surface area contributed by atoms with Crippen LogP contribution in [0, 0.1) is 5.82 Å². The van der Waals surface area contributed by atoms with Crippen molar-refractivity contribution in [3.05, 3.63) is 65.6 Å². The zero-order valence-electron chi connectivity index (χ0n) is 14.3. The van der Waals surface area contributed by atoms with E-state index in [4.69, 9.17) is 4.98 Å². The second-order valence-corrected chi connectivity index (χ2v) is 7.39. The lowest BCUT2D eigenvalue weighted by atomic mass is 9.94. The maximum Gasteiger partial charge on any atom is 0.234 e. The molecule has 1 amide bonds. The van der Waals surface area contributed by atoms with Crippen molar-refractivity contribution in [2.75, 3.05) is 11.1 Å². The Morgan fingerprint density at radius 3 is 2.73 bits per heavy atom. The second kappa shape index (κ2) is 7.46. The number of anilines is 1. The first-order chi connectivity index (χ1) is 12.7. The maximum absolute atomic E-state index is 13.7. The fourth-order valence-electron chi connectivity index (χ4n) is 3.38. The third kappa shape index (κ3) is 3.44. The van der Waals surface area contributed by atoms with E-state index >= 15 is 0 Å². The van der Waals surface area contributed by atoms with Gasteiger partial charge in [0.2, 0.25) is 5.91 Å². The summed E-state index contributed by atoms with van der Waals surface area (Å²) in [6, 6.07) is 14.3. The Hall–Kier alpha value is -2.40. The quantitative estimate of drug-likeness (QED) is 0.662. The van der Waals surface area contributed by atoms with Crippen LogP contribution in [0.1, 0.15) is 24.1 Å². The number of aryl methyl sites for hydroxylation is 1. The first-order valence-electron chi connectivity index (χ1n) is 8.80. The number of para-hydroxylation sites is 2. The highest BCUT2D eigenvalue weighted by Crippen LogP contribution is 2.36. The third-order valence-corrected chi connectivity index (χ3v) is 5.77. The van der Waals surface area contributed by atoms with Crippen molar-refractivity contribution in [1.82, 2.24) is 4.98 Å². The minimum atomic E-state index is -0.419. The minimum Gasteiger partial charge on any atom is -0.323 e. The van der Waals surface area contributed by atoms with Gasteiger partial charge in [0.05, 0.1) is 17.0 Å². The average molecular weight is 366 g/mol. The van der Waals surface area contributed by atoms with Gasteiger partial charge in [0, 0.05) is 16.0 Å². The van der Waals surface area contributed by atoms with Gasteiger partial charge in [-0.3, -0.25) is 9.78 Å². The summed E-state index contributed by atoms with van der Waals surface area (Å²) in [7, 11) is 0. The number of nitrogens with one attached hydrogen (secondary N) is 1. The fraction of sp³-hybridized carbons (Fsp3) is 0.238. The predicted octanol–water partition coefficient (Wildman–Crippen LogP) is 4.98. The SMILES string of the molecule is O=C(CSc1c2c(nc3ccccc13)CCCC2)Nc1ccccc1F. The van der Waals surface area contributed by atoms with Gasteiger partial charge in [0.25, 0.3) is 0 Å². The normalized spacial score (nSPS) is 13.4. The van der Waals surface area contributed by atoms with Gasteiger partial charge in [-0.05, 0) is 49.4 Å². The molecule has 1 aliphatic rings. The molecule has 0 aliphatic heterocycles. The van der Waals surface area contributed by atoms with Crippen LogP contribution in [0.4, 0.5) is 10.1 Å². The molecule has 1 N–H and O–H groups in total. The molecule has 1 aliphatic carbocycles. The van der Waals surface area contributed by atoms with Gasteiger partial charge in [-0.1, -0.05) is 30.3 Å². The number of carbonyl (C=O) groups excluding carboxylic acids is 1. The topological polar surface area (TPSA) is 42.0 Å².